The number of thiazole rings is 1. The SMILES string of the molecule is CN1C(=O)N(c2cc(Cl)cc(Cl)c2)C(=O)[C@]12CN(Cc1nc(C(=O)O)cs1)C[C@H]2c1ccc(C#N)cc1. The summed E-state index contributed by atoms with van der Waals surface area (Å²) in [6, 6.07) is 13.1. The number of amides is 3. The van der Waals surface area contributed by atoms with E-state index in [0.29, 0.717) is 33.7 Å². The van der Waals surface area contributed by atoms with Gasteiger partial charge in [-0.05, 0) is 35.9 Å². The van der Waals surface area contributed by atoms with Gasteiger partial charge in [-0.15, -0.1) is 11.3 Å². The first-order valence-corrected chi connectivity index (χ1v) is 12.8. The van der Waals surface area contributed by atoms with Crippen LogP contribution in [-0.2, 0) is 11.3 Å². The van der Waals surface area contributed by atoms with Crippen LogP contribution in [0.3, 0.4) is 0 Å². The lowest BCUT2D eigenvalue weighted by Crippen LogP contribution is -2.53. The second kappa shape index (κ2) is 9.43. The van der Waals surface area contributed by atoms with Crippen molar-refractivity contribution in [1.29, 1.82) is 5.26 Å². The van der Waals surface area contributed by atoms with Crippen LogP contribution in [-0.4, -0.2) is 63.5 Å². The average Bonchev–Trinajstić information content (AvgIpc) is 3.53. The first-order valence-electron chi connectivity index (χ1n) is 11.1. The molecule has 2 aliphatic rings. The quantitative estimate of drug-likeness (QED) is 0.461. The average molecular weight is 556 g/mol. The van der Waals surface area contributed by atoms with E-state index in [2.05, 4.69) is 11.1 Å². The van der Waals surface area contributed by atoms with Gasteiger partial charge in [0, 0.05) is 41.5 Å². The van der Waals surface area contributed by atoms with Gasteiger partial charge in [0.2, 0.25) is 0 Å². The normalized spacial score (nSPS) is 21.7. The van der Waals surface area contributed by atoms with Crippen molar-refractivity contribution in [3.63, 3.8) is 0 Å². The third-order valence-electron chi connectivity index (χ3n) is 6.81. The maximum atomic E-state index is 14.2. The van der Waals surface area contributed by atoms with E-state index < -0.39 is 29.4 Å². The highest BCUT2D eigenvalue weighted by Gasteiger charge is 2.64. The highest BCUT2D eigenvalue weighted by molar-refractivity contribution is 7.09. The zero-order chi connectivity index (χ0) is 26.5. The molecule has 2 aromatic carbocycles. The number of halogens is 2. The third-order valence-corrected chi connectivity index (χ3v) is 8.08. The van der Waals surface area contributed by atoms with E-state index in [9.17, 15) is 24.8 Å². The molecule has 0 radical (unpaired) electrons. The molecule has 2 saturated heterocycles. The lowest BCUT2D eigenvalue weighted by Gasteiger charge is -2.34. The number of likely N-dealkylation sites (N-methyl/N-ethyl adjacent to an activating group) is 1. The molecule has 1 N–H and O–H groups in total. The second-order valence-electron chi connectivity index (χ2n) is 8.92. The van der Waals surface area contributed by atoms with Crippen molar-refractivity contribution in [3.05, 3.63) is 79.7 Å². The summed E-state index contributed by atoms with van der Waals surface area (Å²) in [5, 5.41) is 21.1. The van der Waals surface area contributed by atoms with Gasteiger partial charge in [-0.2, -0.15) is 5.26 Å². The molecule has 37 heavy (non-hydrogen) atoms. The van der Waals surface area contributed by atoms with Gasteiger partial charge in [0.15, 0.2) is 5.69 Å². The molecule has 12 heteroatoms. The molecule has 2 atom stereocenters. The number of nitriles is 1. The maximum absolute atomic E-state index is 14.2. The molecule has 0 aliphatic carbocycles. The Morgan fingerprint density at radius 1 is 1.22 bits per heavy atom. The molecule has 2 aliphatic heterocycles. The molecular formula is C25H19Cl2N5O4S. The minimum Gasteiger partial charge on any atom is -0.476 e. The van der Waals surface area contributed by atoms with Crippen molar-refractivity contribution < 1.29 is 19.5 Å². The number of carboxylic acids is 1. The lowest BCUT2D eigenvalue weighted by atomic mass is 9.80. The van der Waals surface area contributed by atoms with Crippen LogP contribution < -0.4 is 4.90 Å². The molecule has 2 fully saturated rings. The van der Waals surface area contributed by atoms with Crippen LogP contribution in [0.25, 0.3) is 0 Å². The first kappa shape index (κ1) is 25.2. The minimum atomic E-state index is -1.26. The number of carbonyl (C=O) groups excluding carboxylic acids is 2. The zero-order valence-electron chi connectivity index (χ0n) is 19.4. The number of carbonyl (C=O) groups is 3. The molecule has 0 unspecified atom stereocenters. The van der Waals surface area contributed by atoms with Crippen molar-refractivity contribution in [2.24, 2.45) is 0 Å². The lowest BCUT2D eigenvalue weighted by molar-refractivity contribution is -0.124. The molecule has 1 spiro atoms. The molecule has 0 saturated carbocycles. The molecule has 3 aromatic rings. The summed E-state index contributed by atoms with van der Waals surface area (Å²) >= 11 is 13.6. The fraction of sp³-hybridized carbons (Fsp3) is 0.240. The number of hydrogen-bond donors (Lipinski definition) is 1. The molecule has 9 nitrogen and oxygen atoms in total. The molecule has 3 heterocycles. The van der Waals surface area contributed by atoms with Gasteiger partial charge in [0.25, 0.3) is 5.91 Å². The Labute approximate surface area is 226 Å². The number of benzene rings is 2. The molecule has 5 rings (SSSR count). The first-order chi connectivity index (χ1) is 17.6. The summed E-state index contributed by atoms with van der Waals surface area (Å²) in [4.78, 5) is 47.7. The van der Waals surface area contributed by atoms with Crippen LogP contribution >= 0.6 is 34.5 Å². The Morgan fingerprint density at radius 3 is 2.49 bits per heavy atom. The molecular weight excluding hydrogens is 537 g/mol. The number of aromatic nitrogens is 1. The van der Waals surface area contributed by atoms with Gasteiger partial charge in [-0.25, -0.2) is 19.5 Å². The van der Waals surface area contributed by atoms with E-state index in [-0.39, 0.29) is 17.9 Å². The van der Waals surface area contributed by atoms with Crippen LogP contribution in [0.1, 0.15) is 32.5 Å². The fourth-order valence-electron chi connectivity index (χ4n) is 5.09. The van der Waals surface area contributed by atoms with Gasteiger partial charge < -0.3 is 10.0 Å². The number of rotatable bonds is 5. The van der Waals surface area contributed by atoms with E-state index in [1.807, 2.05) is 4.90 Å². The number of carboxylic acid groups (broad SMARTS) is 1. The number of likely N-dealkylation sites (tertiary alicyclic amines) is 1. The summed E-state index contributed by atoms with van der Waals surface area (Å²) in [5.74, 6) is -1.95. The highest BCUT2D eigenvalue weighted by Crippen LogP contribution is 2.47. The van der Waals surface area contributed by atoms with Crippen molar-refractivity contribution in [2.45, 2.75) is 18.0 Å². The van der Waals surface area contributed by atoms with Crippen molar-refractivity contribution in [1.82, 2.24) is 14.8 Å². The smallest absolute Gasteiger partial charge is 0.355 e. The van der Waals surface area contributed by atoms with E-state index in [1.54, 1.807) is 31.3 Å². The monoisotopic (exact) mass is 555 g/mol. The van der Waals surface area contributed by atoms with Crippen LogP contribution in [0.5, 0.6) is 0 Å². The van der Waals surface area contributed by atoms with Crippen LogP contribution in [0.4, 0.5) is 10.5 Å². The number of imide groups is 1. The summed E-state index contributed by atoms with van der Waals surface area (Å²) in [5.41, 5.74) is 0.261. The van der Waals surface area contributed by atoms with Crippen LogP contribution in [0.2, 0.25) is 10.0 Å². The van der Waals surface area contributed by atoms with E-state index >= 15 is 0 Å². The Hall–Kier alpha value is -3.49. The molecule has 188 valence electrons. The number of hydrogen-bond acceptors (Lipinski definition) is 7. The van der Waals surface area contributed by atoms with Crippen LogP contribution in [0.15, 0.2) is 47.8 Å². The summed E-state index contributed by atoms with van der Waals surface area (Å²) in [6.45, 7) is 0.914. The summed E-state index contributed by atoms with van der Waals surface area (Å²) in [7, 11) is 1.60. The summed E-state index contributed by atoms with van der Waals surface area (Å²) < 4.78 is 0. The molecule has 3 amide bonds. The standard InChI is InChI=1S/C25H19Cl2N5O4S/c1-30-24(36)32(18-7-16(26)6-17(27)8-18)23(35)25(30)13-31(11-21-29-20(12-37-21)22(33)34)10-19(25)15-4-2-14(9-28)3-5-15/h2-8,12,19H,10-11,13H2,1H3,(H,33,34)/t19-,25+/m0/s1. The van der Waals surface area contributed by atoms with Crippen molar-refractivity contribution in [2.75, 3.05) is 25.0 Å². The number of aromatic carboxylic acids is 1. The van der Waals surface area contributed by atoms with Crippen molar-refractivity contribution >= 4 is 58.1 Å². The molecule has 1 aromatic heterocycles. The van der Waals surface area contributed by atoms with Gasteiger partial charge in [-0.1, -0.05) is 35.3 Å². The number of urea groups is 1. The van der Waals surface area contributed by atoms with E-state index in [4.69, 9.17) is 23.2 Å². The maximum Gasteiger partial charge on any atom is 0.355 e. The predicted molar refractivity (Wildman–Crippen MR) is 138 cm³/mol. The fourth-order valence-corrected chi connectivity index (χ4v) is 6.41. The van der Waals surface area contributed by atoms with E-state index in [0.717, 1.165) is 10.5 Å². The Kier molecular flexibility index (Phi) is 6.41. The van der Waals surface area contributed by atoms with E-state index in [1.165, 1.54) is 39.8 Å². The predicted octanol–water partition coefficient (Wildman–Crippen LogP) is 4.46. The Bertz CT molecular complexity index is 1450. The molecule has 0 bridgehead atoms. The van der Waals surface area contributed by atoms with Gasteiger partial charge >= 0.3 is 12.0 Å². The van der Waals surface area contributed by atoms with Gasteiger partial charge in [-0.3, -0.25) is 9.69 Å². The van der Waals surface area contributed by atoms with Gasteiger partial charge in [0.1, 0.15) is 10.5 Å². The Balaban J connectivity index is 1.56. The van der Waals surface area contributed by atoms with Crippen LogP contribution in [0, 0.1) is 11.3 Å². The number of nitrogens with zero attached hydrogens (tertiary/aromatic N) is 5. The summed E-state index contributed by atoms with van der Waals surface area (Å²) in [6.07, 6.45) is 0. The van der Waals surface area contributed by atoms with Gasteiger partial charge in [0.05, 0.1) is 23.9 Å². The number of anilines is 1. The topological polar surface area (TPSA) is 118 Å². The van der Waals surface area contributed by atoms with Crippen molar-refractivity contribution in [3.8, 4) is 6.07 Å². The highest BCUT2D eigenvalue weighted by atomic mass is 35.5. The Morgan fingerprint density at radius 2 is 1.89 bits per heavy atom. The third kappa shape index (κ3) is 4.24. The second-order valence-corrected chi connectivity index (χ2v) is 10.7. The zero-order valence-corrected chi connectivity index (χ0v) is 21.7. The largest absolute Gasteiger partial charge is 0.476 e. The minimum absolute atomic E-state index is 0.0363.